The third kappa shape index (κ3) is 3.50. The van der Waals surface area contributed by atoms with Crippen LogP contribution < -0.4 is 4.90 Å². The number of rotatable bonds is 4. The monoisotopic (exact) mass is 430 g/mol. The molecule has 2 aliphatic heterocycles. The fourth-order valence-electron chi connectivity index (χ4n) is 6.26. The van der Waals surface area contributed by atoms with Crippen molar-refractivity contribution in [1.82, 2.24) is 24.2 Å². The molecule has 0 spiro atoms. The van der Waals surface area contributed by atoms with Gasteiger partial charge in [0.25, 0.3) is 0 Å². The Morgan fingerprint density at radius 1 is 1.06 bits per heavy atom. The van der Waals surface area contributed by atoms with Gasteiger partial charge < -0.3 is 9.80 Å². The lowest BCUT2D eigenvalue weighted by Crippen LogP contribution is -2.41. The van der Waals surface area contributed by atoms with Crippen molar-refractivity contribution in [2.24, 2.45) is 5.92 Å². The molecule has 6 heteroatoms. The third-order valence-corrected chi connectivity index (χ3v) is 7.95. The molecule has 0 N–H and O–H groups in total. The van der Waals surface area contributed by atoms with Crippen LogP contribution in [0, 0.1) is 5.92 Å². The van der Waals surface area contributed by atoms with E-state index in [0.717, 1.165) is 37.7 Å². The lowest BCUT2D eigenvalue weighted by molar-refractivity contribution is 0.0687. The zero-order valence-electron chi connectivity index (χ0n) is 19.3. The number of likely N-dealkylation sites (N-methyl/N-ethyl adjacent to an activating group) is 1. The highest BCUT2D eigenvalue weighted by molar-refractivity contribution is 5.53. The van der Waals surface area contributed by atoms with Gasteiger partial charge in [-0.1, -0.05) is 12.1 Å². The smallest absolute Gasteiger partial charge is 0.138 e. The lowest BCUT2D eigenvalue weighted by Gasteiger charge is -2.44. The second-order valence-electron chi connectivity index (χ2n) is 10.1. The lowest BCUT2D eigenvalue weighted by atomic mass is 9.77. The quantitative estimate of drug-likeness (QED) is 0.630. The van der Waals surface area contributed by atoms with Crippen LogP contribution in [0.4, 0.5) is 5.82 Å². The molecule has 3 aromatic rings. The van der Waals surface area contributed by atoms with Crippen LogP contribution in [-0.4, -0.2) is 63.9 Å². The van der Waals surface area contributed by atoms with Gasteiger partial charge in [0.05, 0.1) is 17.4 Å². The predicted molar refractivity (Wildman–Crippen MR) is 128 cm³/mol. The van der Waals surface area contributed by atoms with Crippen molar-refractivity contribution < 1.29 is 0 Å². The van der Waals surface area contributed by atoms with Crippen molar-refractivity contribution >= 4 is 11.5 Å². The van der Waals surface area contributed by atoms with Gasteiger partial charge in [0.1, 0.15) is 11.5 Å². The van der Waals surface area contributed by atoms with Crippen LogP contribution in [0.1, 0.15) is 48.7 Å². The van der Waals surface area contributed by atoms with Crippen LogP contribution in [0.15, 0.2) is 42.7 Å². The van der Waals surface area contributed by atoms with Crippen LogP contribution in [0.2, 0.25) is 0 Å². The Morgan fingerprint density at radius 2 is 2.00 bits per heavy atom. The Hall–Kier alpha value is -2.44. The van der Waals surface area contributed by atoms with Crippen LogP contribution in [-0.2, 0) is 13.0 Å². The maximum absolute atomic E-state index is 5.05. The highest BCUT2D eigenvalue weighted by Gasteiger charge is 2.37. The molecular formula is C26H34N6. The van der Waals surface area contributed by atoms with E-state index in [1.54, 1.807) is 0 Å². The highest BCUT2D eigenvalue weighted by Crippen LogP contribution is 2.43. The van der Waals surface area contributed by atoms with Crippen LogP contribution in [0.5, 0.6) is 0 Å². The number of fused-ring (bicyclic) bond motifs is 4. The second-order valence-corrected chi connectivity index (χ2v) is 10.1. The number of pyridine rings is 2. The minimum Gasteiger partial charge on any atom is -0.356 e. The van der Waals surface area contributed by atoms with Gasteiger partial charge in [-0.3, -0.25) is 14.3 Å². The molecule has 2 saturated heterocycles. The minimum absolute atomic E-state index is 0.442. The molecule has 0 amide bonds. The molecular weight excluding hydrogens is 396 g/mol. The summed E-state index contributed by atoms with van der Waals surface area (Å²) in [5.74, 6) is 2.00. The number of likely N-dealkylation sites (tertiary alicyclic amines) is 1. The van der Waals surface area contributed by atoms with E-state index >= 15 is 0 Å². The first kappa shape index (κ1) is 20.2. The van der Waals surface area contributed by atoms with Crippen molar-refractivity contribution in [1.29, 1.82) is 0 Å². The first-order chi connectivity index (χ1) is 15.7. The Labute approximate surface area is 190 Å². The number of hydrogen-bond acceptors (Lipinski definition) is 5. The summed E-state index contributed by atoms with van der Waals surface area (Å²) in [6.45, 7) is 4.22. The zero-order valence-corrected chi connectivity index (χ0v) is 19.3. The SMILES string of the molecule is CN(C)[C@@H]1CCN(c2cccc3nc(CN4CCC[C@H]5CCc6cccnc6[C@H]54)cn23)C1. The molecule has 2 fully saturated rings. The number of imidazole rings is 1. The third-order valence-electron chi connectivity index (χ3n) is 7.95. The summed E-state index contributed by atoms with van der Waals surface area (Å²) in [5, 5.41) is 0. The number of anilines is 1. The van der Waals surface area contributed by atoms with E-state index in [4.69, 9.17) is 9.97 Å². The minimum atomic E-state index is 0.442. The van der Waals surface area contributed by atoms with E-state index in [-0.39, 0.29) is 0 Å². The standard InChI is InChI=1S/C26H34N6/c1-29(2)22-12-15-30(18-22)24-9-3-8-23-28-21(17-32(23)24)16-31-14-5-7-20-11-10-19-6-4-13-27-25(19)26(20)31/h3-4,6,8-9,13,17,20,22,26H,5,7,10-12,14-16,18H2,1-2H3/t20-,22+,26-/m0/s1. The van der Waals surface area contributed by atoms with Gasteiger partial charge in [0.15, 0.2) is 0 Å². The molecule has 0 saturated carbocycles. The van der Waals surface area contributed by atoms with Gasteiger partial charge in [-0.2, -0.15) is 0 Å². The summed E-state index contributed by atoms with van der Waals surface area (Å²) >= 11 is 0. The molecule has 1 aliphatic carbocycles. The number of aromatic nitrogens is 3. The van der Waals surface area contributed by atoms with Crippen molar-refractivity contribution in [2.75, 3.05) is 38.6 Å². The molecule has 0 aromatic carbocycles. The maximum Gasteiger partial charge on any atom is 0.138 e. The summed E-state index contributed by atoms with van der Waals surface area (Å²) in [5.41, 5.74) is 4.99. The topological polar surface area (TPSA) is 39.9 Å². The van der Waals surface area contributed by atoms with Crippen molar-refractivity contribution in [3.05, 3.63) is 59.7 Å². The molecule has 0 bridgehead atoms. The van der Waals surface area contributed by atoms with Gasteiger partial charge in [-0.25, -0.2) is 4.98 Å². The molecule has 0 unspecified atom stereocenters. The largest absolute Gasteiger partial charge is 0.356 e. The highest BCUT2D eigenvalue weighted by atomic mass is 15.3. The second kappa shape index (κ2) is 8.16. The summed E-state index contributed by atoms with van der Waals surface area (Å²) in [6.07, 6.45) is 10.5. The van der Waals surface area contributed by atoms with Gasteiger partial charge >= 0.3 is 0 Å². The number of hydrogen-bond donors (Lipinski definition) is 0. The first-order valence-corrected chi connectivity index (χ1v) is 12.2. The average molecular weight is 431 g/mol. The van der Waals surface area contributed by atoms with Gasteiger partial charge in [-0.05, 0) is 82.4 Å². The molecule has 3 aliphatic rings. The fourth-order valence-corrected chi connectivity index (χ4v) is 6.26. The van der Waals surface area contributed by atoms with E-state index in [2.05, 4.69) is 69.7 Å². The summed E-state index contributed by atoms with van der Waals surface area (Å²) in [6, 6.07) is 12.0. The number of nitrogens with zero attached hydrogens (tertiary/aromatic N) is 6. The van der Waals surface area contributed by atoms with Gasteiger partial charge in [0.2, 0.25) is 0 Å². The fraction of sp³-hybridized carbons (Fsp3) is 0.538. The van der Waals surface area contributed by atoms with Crippen molar-refractivity contribution in [2.45, 2.75) is 50.7 Å². The average Bonchev–Trinajstić information content (AvgIpc) is 3.46. The molecule has 168 valence electrons. The summed E-state index contributed by atoms with van der Waals surface area (Å²) in [4.78, 5) is 17.4. The predicted octanol–water partition coefficient (Wildman–Crippen LogP) is 3.77. The van der Waals surface area contributed by atoms with E-state index in [9.17, 15) is 0 Å². The van der Waals surface area contributed by atoms with E-state index in [1.807, 2.05) is 6.20 Å². The summed E-state index contributed by atoms with van der Waals surface area (Å²) in [7, 11) is 4.38. The molecule has 3 atom stereocenters. The van der Waals surface area contributed by atoms with Gasteiger partial charge in [-0.15, -0.1) is 0 Å². The Morgan fingerprint density at radius 3 is 2.88 bits per heavy atom. The Kier molecular flexibility index (Phi) is 5.15. The Bertz CT molecular complexity index is 1100. The first-order valence-electron chi connectivity index (χ1n) is 12.2. The van der Waals surface area contributed by atoms with Crippen LogP contribution >= 0.6 is 0 Å². The molecule has 0 radical (unpaired) electrons. The number of piperidine rings is 1. The van der Waals surface area contributed by atoms with Crippen molar-refractivity contribution in [3.8, 4) is 0 Å². The molecule has 32 heavy (non-hydrogen) atoms. The van der Waals surface area contributed by atoms with Crippen LogP contribution in [0.25, 0.3) is 5.65 Å². The molecule has 5 heterocycles. The van der Waals surface area contributed by atoms with E-state index in [0.29, 0.717) is 12.1 Å². The number of aryl methyl sites for hydroxylation is 1. The maximum atomic E-state index is 5.05. The molecule has 3 aromatic heterocycles. The van der Waals surface area contributed by atoms with Gasteiger partial charge in [0, 0.05) is 38.1 Å². The zero-order chi connectivity index (χ0) is 21.7. The molecule has 6 nitrogen and oxygen atoms in total. The van der Waals surface area contributed by atoms with E-state index < -0.39 is 0 Å². The Balaban J connectivity index is 1.28. The van der Waals surface area contributed by atoms with Crippen LogP contribution in [0.3, 0.4) is 0 Å². The molecule has 6 rings (SSSR count). The van der Waals surface area contributed by atoms with Crippen molar-refractivity contribution in [3.63, 3.8) is 0 Å². The summed E-state index contributed by atoms with van der Waals surface area (Å²) < 4.78 is 2.31. The van der Waals surface area contributed by atoms with E-state index in [1.165, 1.54) is 54.9 Å². The normalized spacial score (nSPS) is 26.0.